The lowest BCUT2D eigenvalue weighted by Crippen LogP contribution is -2.32. The van der Waals surface area contributed by atoms with Crippen LogP contribution >= 0.6 is 0 Å². The van der Waals surface area contributed by atoms with Gasteiger partial charge in [-0.3, -0.25) is 0 Å². The molecule has 0 saturated heterocycles. The SMILES string of the molecule is CCC(C)CN(CC)CCNc1ccccc1C. The van der Waals surface area contributed by atoms with Gasteiger partial charge >= 0.3 is 0 Å². The summed E-state index contributed by atoms with van der Waals surface area (Å²) in [6.07, 6.45) is 1.27. The van der Waals surface area contributed by atoms with E-state index in [0.717, 1.165) is 25.6 Å². The van der Waals surface area contributed by atoms with Gasteiger partial charge in [0.25, 0.3) is 0 Å². The molecular formula is C16H28N2. The van der Waals surface area contributed by atoms with Crippen molar-refractivity contribution in [2.24, 2.45) is 5.92 Å². The fraction of sp³-hybridized carbons (Fsp3) is 0.625. The monoisotopic (exact) mass is 248 g/mol. The minimum Gasteiger partial charge on any atom is -0.384 e. The second-order valence-corrected chi connectivity index (χ2v) is 5.15. The van der Waals surface area contributed by atoms with Crippen molar-refractivity contribution in [3.63, 3.8) is 0 Å². The Kier molecular flexibility index (Phi) is 6.81. The van der Waals surface area contributed by atoms with Crippen LogP contribution in [0, 0.1) is 12.8 Å². The molecule has 0 saturated carbocycles. The number of aryl methyl sites for hydroxylation is 1. The summed E-state index contributed by atoms with van der Waals surface area (Å²) in [6.45, 7) is 13.5. The molecule has 1 rings (SSSR count). The summed E-state index contributed by atoms with van der Waals surface area (Å²) in [5.74, 6) is 0.795. The van der Waals surface area contributed by atoms with Crippen molar-refractivity contribution in [1.82, 2.24) is 4.90 Å². The largest absolute Gasteiger partial charge is 0.384 e. The highest BCUT2D eigenvalue weighted by molar-refractivity contribution is 5.50. The predicted octanol–water partition coefficient (Wildman–Crippen LogP) is 3.77. The molecule has 0 aliphatic carbocycles. The predicted molar refractivity (Wildman–Crippen MR) is 81.2 cm³/mol. The third-order valence-electron chi connectivity index (χ3n) is 3.60. The lowest BCUT2D eigenvalue weighted by Gasteiger charge is -2.24. The molecule has 0 radical (unpaired) electrons. The van der Waals surface area contributed by atoms with E-state index >= 15 is 0 Å². The number of hydrogen-bond donors (Lipinski definition) is 1. The zero-order valence-corrected chi connectivity index (χ0v) is 12.4. The van der Waals surface area contributed by atoms with Crippen LogP contribution in [-0.2, 0) is 0 Å². The first kappa shape index (κ1) is 15.0. The number of anilines is 1. The van der Waals surface area contributed by atoms with E-state index in [-0.39, 0.29) is 0 Å². The molecule has 18 heavy (non-hydrogen) atoms. The second-order valence-electron chi connectivity index (χ2n) is 5.15. The minimum atomic E-state index is 0.795. The van der Waals surface area contributed by atoms with E-state index in [1.54, 1.807) is 0 Å². The highest BCUT2D eigenvalue weighted by Crippen LogP contribution is 2.12. The fourth-order valence-corrected chi connectivity index (χ4v) is 2.07. The number of benzene rings is 1. The Balaban J connectivity index is 2.33. The summed E-state index contributed by atoms with van der Waals surface area (Å²) in [6, 6.07) is 8.48. The maximum atomic E-state index is 3.53. The Hall–Kier alpha value is -1.02. The van der Waals surface area contributed by atoms with Gasteiger partial charge < -0.3 is 10.2 Å². The first-order valence-electron chi connectivity index (χ1n) is 7.19. The van der Waals surface area contributed by atoms with Gasteiger partial charge in [-0.25, -0.2) is 0 Å². The number of rotatable bonds is 8. The van der Waals surface area contributed by atoms with E-state index in [2.05, 4.69) is 62.2 Å². The van der Waals surface area contributed by atoms with Crippen molar-refractivity contribution < 1.29 is 0 Å². The first-order chi connectivity index (χ1) is 8.67. The van der Waals surface area contributed by atoms with Gasteiger partial charge in [-0.05, 0) is 31.0 Å². The van der Waals surface area contributed by atoms with E-state index in [9.17, 15) is 0 Å². The van der Waals surface area contributed by atoms with E-state index < -0.39 is 0 Å². The lowest BCUT2D eigenvalue weighted by atomic mass is 10.1. The molecule has 102 valence electrons. The Morgan fingerprint density at radius 2 is 1.94 bits per heavy atom. The highest BCUT2D eigenvalue weighted by atomic mass is 15.1. The topological polar surface area (TPSA) is 15.3 Å². The standard InChI is InChI=1S/C16H28N2/c1-5-14(3)13-18(6-2)12-11-17-16-10-8-7-9-15(16)4/h7-10,14,17H,5-6,11-13H2,1-4H3. The normalized spacial score (nSPS) is 12.7. The van der Waals surface area contributed by atoms with Crippen molar-refractivity contribution in [3.05, 3.63) is 29.8 Å². The Labute approximate surface area is 112 Å². The van der Waals surface area contributed by atoms with Gasteiger partial charge in [0.1, 0.15) is 0 Å². The fourth-order valence-electron chi connectivity index (χ4n) is 2.07. The van der Waals surface area contributed by atoms with E-state index in [4.69, 9.17) is 0 Å². The van der Waals surface area contributed by atoms with Crippen LogP contribution in [0.5, 0.6) is 0 Å². The van der Waals surface area contributed by atoms with Gasteiger partial charge in [-0.2, -0.15) is 0 Å². The third kappa shape index (κ3) is 5.09. The van der Waals surface area contributed by atoms with Crippen molar-refractivity contribution in [2.45, 2.75) is 34.1 Å². The van der Waals surface area contributed by atoms with Crippen molar-refractivity contribution >= 4 is 5.69 Å². The number of nitrogens with one attached hydrogen (secondary N) is 1. The molecule has 0 aliphatic heterocycles. The molecule has 0 heterocycles. The molecule has 1 atom stereocenters. The molecule has 2 heteroatoms. The van der Waals surface area contributed by atoms with E-state index in [1.165, 1.54) is 24.2 Å². The molecule has 0 spiro atoms. The number of hydrogen-bond acceptors (Lipinski definition) is 2. The summed E-state index contributed by atoms with van der Waals surface area (Å²) in [4.78, 5) is 2.53. The van der Waals surface area contributed by atoms with Crippen LogP contribution < -0.4 is 5.32 Å². The molecule has 0 fully saturated rings. The van der Waals surface area contributed by atoms with Crippen molar-refractivity contribution in [2.75, 3.05) is 31.5 Å². The molecule has 1 aromatic rings. The van der Waals surface area contributed by atoms with Gasteiger partial charge in [0.2, 0.25) is 0 Å². The van der Waals surface area contributed by atoms with Crippen LogP contribution in [0.1, 0.15) is 32.8 Å². The van der Waals surface area contributed by atoms with Crippen LogP contribution in [-0.4, -0.2) is 31.1 Å². The molecule has 0 bridgehead atoms. The molecule has 0 amide bonds. The van der Waals surface area contributed by atoms with Crippen LogP contribution in [0.15, 0.2) is 24.3 Å². The maximum absolute atomic E-state index is 3.53. The Bertz CT molecular complexity index is 336. The third-order valence-corrected chi connectivity index (χ3v) is 3.60. The smallest absolute Gasteiger partial charge is 0.0370 e. The lowest BCUT2D eigenvalue weighted by molar-refractivity contribution is 0.254. The van der Waals surface area contributed by atoms with Crippen LogP contribution in [0.25, 0.3) is 0 Å². The Morgan fingerprint density at radius 1 is 1.22 bits per heavy atom. The highest BCUT2D eigenvalue weighted by Gasteiger charge is 2.06. The average Bonchev–Trinajstić information content (AvgIpc) is 2.39. The zero-order valence-electron chi connectivity index (χ0n) is 12.4. The quantitative estimate of drug-likeness (QED) is 0.753. The van der Waals surface area contributed by atoms with Gasteiger partial charge in [-0.1, -0.05) is 45.4 Å². The minimum absolute atomic E-state index is 0.795. The van der Waals surface area contributed by atoms with Gasteiger partial charge in [0, 0.05) is 25.3 Å². The molecular weight excluding hydrogens is 220 g/mol. The molecule has 1 N–H and O–H groups in total. The first-order valence-corrected chi connectivity index (χ1v) is 7.19. The van der Waals surface area contributed by atoms with E-state index in [0.29, 0.717) is 0 Å². The van der Waals surface area contributed by atoms with Gasteiger partial charge in [0.15, 0.2) is 0 Å². The maximum Gasteiger partial charge on any atom is 0.0370 e. The average molecular weight is 248 g/mol. The second kappa shape index (κ2) is 8.15. The summed E-state index contributed by atoms with van der Waals surface area (Å²) in [5.41, 5.74) is 2.58. The summed E-state index contributed by atoms with van der Waals surface area (Å²) < 4.78 is 0. The van der Waals surface area contributed by atoms with Crippen molar-refractivity contribution in [3.8, 4) is 0 Å². The molecule has 0 aliphatic rings. The zero-order chi connectivity index (χ0) is 13.4. The van der Waals surface area contributed by atoms with Gasteiger partial charge in [0.05, 0.1) is 0 Å². The molecule has 2 nitrogen and oxygen atoms in total. The molecule has 0 aromatic heterocycles. The summed E-state index contributed by atoms with van der Waals surface area (Å²) >= 11 is 0. The number of likely N-dealkylation sites (N-methyl/N-ethyl adjacent to an activating group) is 1. The van der Waals surface area contributed by atoms with Crippen molar-refractivity contribution in [1.29, 1.82) is 0 Å². The Morgan fingerprint density at radius 3 is 2.56 bits per heavy atom. The number of para-hydroxylation sites is 1. The summed E-state index contributed by atoms with van der Waals surface area (Å²) in [7, 11) is 0. The summed E-state index contributed by atoms with van der Waals surface area (Å²) in [5, 5.41) is 3.53. The molecule has 1 aromatic carbocycles. The van der Waals surface area contributed by atoms with E-state index in [1.807, 2.05) is 0 Å². The molecule has 1 unspecified atom stereocenters. The van der Waals surface area contributed by atoms with Crippen LogP contribution in [0.3, 0.4) is 0 Å². The number of nitrogens with zero attached hydrogens (tertiary/aromatic N) is 1. The van der Waals surface area contributed by atoms with Gasteiger partial charge in [-0.15, -0.1) is 0 Å². The van der Waals surface area contributed by atoms with Crippen LogP contribution in [0.2, 0.25) is 0 Å². The van der Waals surface area contributed by atoms with Crippen LogP contribution in [0.4, 0.5) is 5.69 Å².